The number of carbonyl (C=O) groups is 2. The highest BCUT2D eigenvalue weighted by Crippen LogP contribution is 2.44. The maximum absolute atomic E-state index is 14.1. The van der Waals surface area contributed by atoms with Gasteiger partial charge in [-0.1, -0.05) is 24.0 Å². The summed E-state index contributed by atoms with van der Waals surface area (Å²) in [6.07, 6.45) is -7.12. The van der Waals surface area contributed by atoms with Crippen LogP contribution in [0, 0.1) is 17.8 Å². The van der Waals surface area contributed by atoms with Crippen LogP contribution in [0.15, 0.2) is 35.4 Å². The largest absolute Gasteiger partial charge is 0.542 e. The van der Waals surface area contributed by atoms with E-state index in [1.165, 1.54) is 35.2 Å². The van der Waals surface area contributed by atoms with Gasteiger partial charge < -0.3 is 26.3 Å². The topological polar surface area (TPSA) is 143 Å². The minimum Gasteiger partial charge on any atom is -0.542 e. The number of anilines is 2. The molecule has 9 nitrogen and oxygen atoms in total. The number of H-pyrrole nitrogens is 1. The Kier molecular flexibility index (Phi) is 6.92. The number of nitrogens with one attached hydrogen (secondary N) is 3. The van der Waals surface area contributed by atoms with Crippen LogP contribution in [0.4, 0.5) is 42.6 Å². The number of nitrogens with two attached hydrogens (primary N) is 1. The number of amides is 2. The molecule has 1 aliphatic carbocycles. The number of nitrogen functional groups attached to an aromatic ring is 1. The van der Waals surface area contributed by atoms with E-state index in [0.29, 0.717) is 5.56 Å². The second kappa shape index (κ2) is 9.44. The Balaban J connectivity index is 0.000000454. The monoisotopic (exact) mass is 517 g/mol. The van der Waals surface area contributed by atoms with Gasteiger partial charge in [0.1, 0.15) is 5.97 Å². The number of aliphatic carboxylic acids is 1. The van der Waals surface area contributed by atoms with Crippen molar-refractivity contribution in [3.63, 3.8) is 0 Å². The maximum atomic E-state index is 14.1. The van der Waals surface area contributed by atoms with Crippen LogP contribution in [0.25, 0.3) is 0 Å². The predicted molar refractivity (Wildman–Crippen MR) is 109 cm³/mol. The number of carboxylic acids is 1. The average molecular weight is 517 g/mol. The first-order valence-electron chi connectivity index (χ1n) is 10.1. The van der Waals surface area contributed by atoms with E-state index in [1.807, 2.05) is 5.32 Å². The molecule has 192 valence electrons. The lowest BCUT2D eigenvalue weighted by molar-refractivity contribution is -0.368. The quantitative estimate of drug-likeness (QED) is 0.401. The second-order valence-corrected chi connectivity index (χ2v) is 7.87. The number of rotatable bonds is 2. The van der Waals surface area contributed by atoms with Gasteiger partial charge in [-0.15, -0.1) is 0 Å². The summed E-state index contributed by atoms with van der Waals surface area (Å²) in [5.41, 5.74) is 2.70. The van der Waals surface area contributed by atoms with E-state index in [1.54, 1.807) is 0 Å². The number of aromatic amines is 1. The Morgan fingerprint density at radius 1 is 1.19 bits per heavy atom. The maximum Gasteiger partial charge on any atom is 0.430 e. The number of carboxylic acid groups (broad SMARTS) is 1. The highest BCUT2D eigenvalue weighted by Gasteiger charge is 2.59. The Labute approximate surface area is 198 Å². The first-order valence-corrected chi connectivity index (χ1v) is 10.1. The fourth-order valence-electron chi connectivity index (χ4n) is 3.14. The molecule has 1 aromatic heterocycles. The minimum atomic E-state index is -5.19. The molecule has 36 heavy (non-hydrogen) atoms. The van der Waals surface area contributed by atoms with Crippen molar-refractivity contribution in [3.05, 3.63) is 52.1 Å². The number of hydrogen-bond acceptors (Lipinski definition) is 5. The number of halogens is 6. The van der Waals surface area contributed by atoms with E-state index >= 15 is 0 Å². The molecule has 1 unspecified atom stereocenters. The third kappa shape index (κ3) is 5.88. The van der Waals surface area contributed by atoms with Crippen LogP contribution < -0.4 is 32.0 Å². The van der Waals surface area contributed by atoms with Crippen LogP contribution in [-0.4, -0.2) is 28.9 Å². The van der Waals surface area contributed by atoms with Gasteiger partial charge in [0.15, 0.2) is 6.33 Å². The van der Waals surface area contributed by atoms with Gasteiger partial charge in [0.2, 0.25) is 11.4 Å². The van der Waals surface area contributed by atoms with Crippen molar-refractivity contribution in [1.29, 1.82) is 0 Å². The first kappa shape index (κ1) is 26.4. The van der Waals surface area contributed by atoms with Crippen molar-refractivity contribution in [2.45, 2.75) is 37.3 Å². The van der Waals surface area contributed by atoms with E-state index < -0.39 is 29.9 Å². The number of benzene rings is 1. The molecular formula is C21H17F6N5O4. The third-order valence-corrected chi connectivity index (χ3v) is 5.04. The Morgan fingerprint density at radius 3 is 2.36 bits per heavy atom. The zero-order valence-electron chi connectivity index (χ0n) is 18.0. The number of aromatic nitrogens is 2. The number of nitrogens with zero attached hydrogens (tertiary/aromatic N) is 1. The molecule has 1 saturated carbocycles. The molecule has 5 N–H and O–H groups in total. The van der Waals surface area contributed by atoms with E-state index in [9.17, 15) is 35.9 Å². The van der Waals surface area contributed by atoms with Crippen molar-refractivity contribution in [2.24, 2.45) is 5.92 Å². The van der Waals surface area contributed by atoms with Gasteiger partial charge in [0.25, 0.3) is 0 Å². The van der Waals surface area contributed by atoms with Crippen molar-refractivity contribution in [1.82, 2.24) is 9.88 Å². The van der Waals surface area contributed by atoms with Crippen molar-refractivity contribution in [2.75, 3.05) is 11.1 Å². The van der Waals surface area contributed by atoms with Crippen LogP contribution in [-0.2, 0) is 16.9 Å². The lowest BCUT2D eigenvalue weighted by Gasteiger charge is -2.37. The van der Waals surface area contributed by atoms with Crippen LogP contribution in [0.2, 0.25) is 0 Å². The molecule has 2 heterocycles. The molecule has 1 aliphatic heterocycles. The zero-order valence-corrected chi connectivity index (χ0v) is 18.0. The SMILES string of the molecule is Nc1cc(=O)n(Cc2ccc3c(c2)NC(=O)NC3(C#CC2CC2)C(F)(F)F)c[nH+]1.O=C([O-])C(F)(F)F. The van der Waals surface area contributed by atoms with E-state index in [2.05, 4.69) is 22.1 Å². The number of carbonyl (C=O) groups excluding carboxylic acids is 2. The molecule has 0 spiro atoms. The van der Waals surface area contributed by atoms with Gasteiger partial charge in [-0.2, -0.15) is 26.3 Å². The van der Waals surface area contributed by atoms with Gasteiger partial charge in [-0.25, -0.2) is 9.36 Å². The standard InChI is InChI=1S/C19H16F3N5O2.C2HF3O2/c20-19(21,22)18(6-5-11-1-2-11)13-4-3-12(7-14(13)25-17(29)26-18)9-27-10-24-15(23)8-16(27)28;3-2(4,5)1(6)7/h3-4,7-8,10-11H,1-2,9,23H2,(H2,25,26,29);(H,6,7). The fourth-order valence-corrected chi connectivity index (χ4v) is 3.14. The summed E-state index contributed by atoms with van der Waals surface area (Å²) in [6, 6.07) is 4.37. The molecule has 4 rings (SSSR count). The molecule has 2 amide bonds. The van der Waals surface area contributed by atoms with Crippen molar-refractivity contribution < 1.29 is 46.0 Å². The highest BCUT2D eigenvalue weighted by atomic mass is 19.4. The molecule has 1 fully saturated rings. The molecule has 0 saturated heterocycles. The van der Waals surface area contributed by atoms with Crippen LogP contribution in [0.5, 0.6) is 0 Å². The first-order chi connectivity index (χ1) is 16.6. The van der Waals surface area contributed by atoms with Gasteiger partial charge in [0.05, 0.1) is 12.6 Å². The number of alkyl halides is 6. The molecular weight excluding hydrogens is 500 g/mol. The minimum absolute atomic E-state index is 0.00106. The Bertz CT molecular complexity index is 1310. The summed E-state index contributed by atoms with van der Waals surface area (Å²) in [7, 11) is 0. The summed E-state index contributed by atoms with van der Waals surface area (Å²) < 4.78 is 75.0. The van der Waals surface area contributed by atoms with Gasteiger partial charge >= 0.3 is 23.9 Å². The average Bonchev–Trinajstić information content (AvgIpc) is 3.57. The van der Waals surface area contributed by atoms with Crippen molar-refractivity contribution in [3.8, 4) is 11.8 Å². The van der Waals surface area contributed by atoms with E-state index in [4.69, 9.17) is 15.6 Å². The van der Waals surface area contributed by atoms with Crippen molar-refractivity contribution >= 4 is 23.5 Å². The zero-order chi connectivity index (χ0) is 26.9. The highest BCUT2D eigenvalue weighted by molar-refractivity contribution is 5.95. The molecule has 0 radical (unpaired) electrons. The summed E-state index contributed by atoms with van der Waals surface area (Å²) >= 11 is 0. The number of urea groups is 1. The third-order valence-electron chi connectivity index (χ3n) is 5.04. The number of hydrogen-bond donors (Lipinski definition) is 3. The molecule has 15 heteroatoms. The summed E-state index contributed by atoms with van der Waals surface area (Å²) in [5, 5.41) is 13.2. The smallest absolute Gasteiger partial charge is 0.430 e. The van der Waals surface area contributed by atoms with Crippen LogP contribution >= 0.6 is 0 Å². The lowest BCUT2D eigenvalue weighted by atomic mass is 9.85. The van der Waals surface area contributed by atoms with Gasteiger partial charge in [-0.05, 0) is 24.5 Å². The number of fused-ring (bicyclic) bond motifs is 1. The van der Waals surface area contributed by atoms with Crippen LogP contribution in [0.3, 0.4) is 0 Å². The summed E-state index contributed by atoms with van der Waals surface area (Å²) in [6.45, 7) is 0.0823. The summed E-state index contributed by atoms with van der Waals surface area (Å²) in [4.78, 5) is 35.5. The predicted octanol–water partition coefficient (Wildman–Crippen LogP) is 0.898. The van der Waals surface area contributed by atoms with Gasteiger partial charge in [-0.3, -0.25) is 9.78 Å². The second-order valence-electron chi connectivity index (χ2n) is 7.87. The molecule has 1 aromatic carbocycles. The van der Waals surface area contributed by atoms with E-state index in [-0.39, 0.29) is 35.1 Å². The molecule has 0 bridgehead atoms. The fraction of sp³-hybridized carbons (Fsp3) is 0.333. The molecule has 2 aliphatic rings. The van der Waals surface area contributed by atoms with E-state index in [0.717, 1.165) is 12.8 Å². The van der Waals surface area contributed by atoms with Crippen LogP contribution in [0.1, 0.15) is 24.0 Å². The van der Waals surface area contributed by atoms with Gasteiger partial charge in [0, 0.05) is 17.2 Å². The lowest BCUT2D eigenvalue weighted by Crippen LogP contribution is -2.59. The Morgan fingerprint density at radius 2 is 1.83 bits per heavy atom. The summed E-state index contributed by atoms with van der Waals surface area (Å²) in [5.74, 6) is 2.03. The molecule has 1 atom stereocenters. The Hall–Kier alpha value is -4.22. The normalized spacial score (nSPS) is 18.9. The molecule has 2 aromatic rings.